The van der Waals surface area contributed by atoms with Crippen molar-refractivity contribution in [1.29, 1.82) is 0 Å². The lowest BCUT2D eigenvalue weighted by Gasteiger charge is -2.04. The van der Waals surface area contributed by atoms with E-state index < -0.39 is 15.5 Å². The first-order chi connectivity index (χ1) is 10.8. The van der Waals surface area contributed by atoms with Gasteiger partial charge in [0, 0.05) is 11.6 Å². The van der Waals surface area contributed by atoms with Gasteiger partial charge in [-0.3, -0.25) is 25.7 Å². The van der Waals surface area contributed by atoms with Gasteiger partial charge in [-0.05, 0) is 32.9 Å². The monoisotopic (exact) mass is 318 g/mol. The van der Waals surface area contributed by atoms with Crippen molar-refractivity contribution in [2.75, 3.05) is 5.43 Å². The zero-order chi connectivity index (χ0) is 17.1. The average molecular weight is 318 g/mol. The molecule has 0 fully saturated rings. The largest absolute Gasteiger partial charge is 0.466 e. The Labute approximate surface area is 130 Å². The lowest BCUT2D eigenvalue weighted by molar-refractivity contribution is -0.393. The van der Waals surface area contributed by atoms with E-state index in [1.54, 1.807) is 26.8 Å². The minimum Gasteiger partial charge on any atom is -0.466 e. The summed E-state index contributed by atoms with van der Waals surface area (Å²) < 4.78 is 5.40. The fourth-order valence-electron chi connectivity index (χ4n) is 2.07. The number of anilines is 1. The molecule has 0 saturated carbocycles. The zero-order valence-electron chi connectivity index (χ0n) is 12.7. The molecule has 0 saturated heterocycles. The van der Waals surface area contributed by atoms with Crippen molar-refractivity contribution in [3.8, 4) is 0 Å². The normalized spacial score (nSPS) is 11.3. The third kappa shape index (κ3) is 3.51. The van der Waals surface area contributed by atoms with Gasteiger partial charge >= 0.3 is 5.69 Å². The van der Waals surface area contributed by atoms with Gasteiger partial charge in [-0.2, -0.15) is 5.10 Å². The maximum absolute atomic E-state index is 11.0. The molecule has 23 heavy (non-hydrogen) atoms. The zero-order valence-corrected chi connectivity index (χ0v) is 12.7. The summed E-state index contributed by atoms with van der Waals surface area (Å²) in [6.07, 6.45) is 0. The highest BCUT2D eigenvalue weighted by Crippen LogP contribution is 2.29. The van der Waals surface area contributed by atoms with E-state index in [1.165, 1.54) is 12.1 Å². The fraction of sp³-hybridized carbons (Fsp3) is 0.214. The molecule has 1 N–H and O–H groups in total. The number of hydrogen-bond donors (Lipinski definition) is 1. The van der Waals surface area contributed by atoms with Gasteiger partial charge in [0.05, 0.1) is 21.6 Å². The highest BCUT2D eigenvalue weighted by Gasteiger charge is 2.19. The van der Waals surface area contributed by atoms with Gasteiger partial charge < -0.3 is 4.42 Å². The maximum Gasteiger partial charge on any atom is 0.301 e. The molecule has 120 valence electrons. The van der Waals surface area contributed by atoms with E-state index >= 15 is 0 Å². The molecule has 1 aromatic carbocycles. The van der Waals surface area contributed by atoms with E-state index in [2.05, 4.69) is 10.5 Å². The summed E-state index contributed by atoms with van der Waals surface area (Å²) in [5.41, 5.74) is 3.22. The molecule has 0 amide bonds. The van der Waals surface area contributed by atoms with Crippen LogP contribution in [0.2, 0.25) is 0 Å². The Morgan fingerprint density at radius 3 is 2.39 bits per heavy atom. The molecule has 1 heterocycles. The molecule has 0 radical (unpaired) electrons. The number of benzene rings is 1. The van der Waals surface area contributed by atoms with Crippen molar-refractivity contribution in [2.45, 2.75) is 20.8 Å². The van der Waals surface area contributed by atoms with Crippen molar-refractivity contribution in [3.63, 3.8) is 0 Å². The van der Waals surface area contributed by atoms with E-state index in [1.807, 2.05) is 0 Å². The first-order valence-electron chi connectivity index (χ1n) is 6.60. The van der Waals surface area contributed by atoms with Crippen LogP contribution < -0.4 is 5.43 Å². The number of hydrogen-bond acceptors (Lipinski definition) is 7. The summed E-state index contributed by atoms with van der Waals surface area (Å²) in [5.74, 6) is 1.41. The maximum atomic E-state index is 11.0. The van der Waals surface area contributed by atoms with E-state index in [0.717, 1.165) is 17.4 Å². The second-order valence-corrected chi connectivity index (χ2v) is 4.85. The molecule has 2 rings (SSSR count). The van der Waals surface area contributed by atoms with Gasteiger partial charge in [0.2, 0.25) is 0 Å². The second kappa shape index (κ2) is 6.26. The molecular formula is C14H14N4O5. The molecule has 0 aliphatic rings. The van der Waals surface area contributed by atoms with Gasteiger partial charge in [-0.15, -0.1) is 0 Å². The summed E-state index contributed by atoms with van der Waals surface area (Å²) in [7, 11) is 0. The molecule has 0 aliphatic heterocycles. The highest BCUT2D eigenvalue weighted by molar-refractivity contribution is 6.00. The number of nitro benzene ring substituents is 2. The van der Waals surface area contributed by atoms with Crippen LogP contribution in [0, 0.1) is 34.1 Å². The Hall–Kier alpha value is -3.23. The summed E-state index contributed by atoms with van der Waals surface area (Å²) in [5, 5.41) is 25.8. The van der Waals surface area contributed by atoms with Crippen molar-refractivity contribution in [3.05, 3.63) is 61.6 Å². The SMILES string of the molecule is C/C(=N/Nc1ccc([N+](=O)[O-])cc1[N+](=O)[O-])c1cc(C)oc1C. The number of hydrazone groups is 1. The van der Waals surface area contributed by atoms with Crippen LogP contribution in [0.1, 0.15) is 24.0 Å². The van der Waals surface area contributed by atoms with Gasteiger partial charge in [0.15, 0.2) is 0 Å². The summed E-state index contributed by atoms with van der Waals surface area (Å²) in [6.45, 7) is 5.32. The predicted octanol–water partition coefficient (Wildman–Crippen LogP) is 3.55. The average Bonchev–Trinajstić information content (AvgIpc) is 2.83. The molecule has 0 atom stereocenters. The topological polar surface area (TPSA) is 124 Å². The molecule has 0 aliphatic carbocycles. The Morgan fingerprint density at radius 2 is 1.87 bits per heavy atom. The predicted molar refractivity (Wildman–Crippen MR) is 83.8 cm³/mol. The number of rotatable bonds is 5. The number of aryl methyl sites for hydroxylation is 2. The first kappa shape index (κ1) is 16.1. The van der Waals surface area contributed by atoms with Crippen LogP contribution in [0.25, 0.3) is 0 Å². The van der Waals surface area contributed by atoms with Crippen LogP contribution in [-0.4, -0.2) is 15.6 Å². The van der Waals surface area contributed by atoms with E-state index in [4.69, 9.17) is 4.42 Å². The first-order valence-corrected chi connectivity index (χ1v) is 6.60. The minimum atomic E-state index is -0.701. The number of nitro groups is 2. The van der Waals surface area contributed by atoms with Gasteiger partial charge in [-0.25, -0.2) is 0 Å². The molecule has 9 nitrogen and oxygen atoms in total. The standard InChI is InChI=1S/C14H14N4O5/c1-8-6-12(10(3)23-8)9(2)15-16-13-5-4-11(17(19)20)7-14(13)18(21)22/h4-7,16H,1-3H3/b15-9-. The smallest absolute Gasteiger partial charge is 0.301 e. The van der Waals surface area contributed by atoms with Crippen molar-refractivity contribution >= 4 is 22.8 Å². The Bertz CT molecular complexity index is 809. The van der Waals surface area contributed by atoms with E-state index in [0.29, 0.717) is 11.5 Å². The Kier molecular flexibility index (Phi) is 4.39. The number of non-ortho nitro benzene ring substituents is 1. The van der Waals surface area contributed by atoms with Crippen LogP contribution in [0.5, 0.6) is 0 Å². The van der Waals surface area contributed by atoms with Gasteiger partial charge in [-0.1, -0.05) is 0 Å². The minimum absolute atomic E-state index is 0.0674. The lowest BCUT2D eigenvalue weighted by atomic mass is 10.2. The number of nitrogens with zero attached hydrogens (tertiary/aromatic N) is 3. The number of nitrogens with one attached hydrogen (secondary N) is 1. The molecule has 0 unspecified atom stereocenters. The van der Waals surface area contributed by atoms with Crippen LogP contribution in [0.15, 0.2) is 33.8 Å². The van der Waals surface area contributed by atoms with Gasteiger partial charge in [0.1, 0.15) is 17.2 Å². The fourth-order valence-corrected chi connectivity index (χ4v) is 2.07. The number of furan rings is 1. The van der Waals surface area contributed by atoms with E-state index in [-0.39, 0.29) is 11.4 Å². The molecule has 9 heteroatoms. The molecular weight excluding hydrogens is 304 g/mol. The molecule has 1 aromatic heterocycles. The van der Waals surface area contributed by atoms with Crippen LogP contribution in [0.4, 0.5) is 17.1 Å². The third-order valence-electron chi connectivity index (χ3n) is 3.16. The van der Waals surface area contributed by atoms with Crippen LogP contribution in [-0.2, 0) is 0 Å². The quantitative estimate of drug-likeness (QED) is 0.510. The van der Waals surface area contributed by atoms with Crippen LogP contribution in [0.3, 0.4) is 0 Å². The van der Waals surface area contributed by atoms with Gasteiger partial charge in [0.25, 0.3) is 5.69 Å². The van der Waals surface area contributed by atoms with Crippen LogP contribution >= 0.6 is 0 Å². The molecule has 0 bridgehead atoms. The lowest BCUT2D eigenvalue weighted by Crippen LogP contribution is -2.02. The molecule has 2 aromatic rings. The highest BCUT2D eigenvalue weighted by atomic mass is 16.6. The van der Waals surface area contributed by atoms with Crippen molar-refractivity contribution in [2.24, 2.45) is 5.10 Å². The third-order valence-corrected chi connectivity index (χ3v) is 3.16. The summed E-state index contributed by atoms with van der Waals surface area (Å²) in [6, 6.07) is 5.12. The Balaban J connectivity index is 2.32. The molecule has 0 spiro atoms. The summed E-state index contributed by atoms with van der Waals surface area (Å²) in [4.78, 5) is 20.4. The van der Waals surface area contributed by atoms with Crippen molar-refractivity contribution in [1.82, 2.24) is 0 Å². The van der Waals surface area contributed by atoms with Crippen molar-refractivity contribution < 1.29 is 14.3 Å². The Morgan fingerprint density at radius 1 is 1.17 bits per heavy atom. The second-order valence-electron chi connectivity index (χ2n) is 4.85. The summed E-state index contributed by atoms with van der Waals surface area (Å²) >= 11 is 0. The van der Waals surface area contributed by atoms with E-state index in [9.17, 15) is 20.2 Å².